The van der Waals surface area contributed by atoms with Crippen LogP contribution in [0.3, 0.4) is 0 Å². The molecule has 0 bridgehead atoms. The first-order chi connectivity index (χ1) is 9.15. The van der Waals surface area contributed by atoms with Gasteiger partial charge in [-0.05, 0) is 24.5 Å². The second kappa shape index (κ2) is 5.76. The Morgan fingerprint density at radius 2 is 1.89 bits per heavy atom. The molecule has 0 radical (unpaired) electrons. The Morgan fingerprint density at radius 1 is 1.21 bits per heavy atom. The topological polar surface area (TPSA) is 37.2 Å². The van der Waals surface area contributed by atoms with E-state index in [1.54, 1.807) is 0 Å². The summed E-state index contributed by atoms with van der Waals surface area (Å²) in [4.78, 5) is 0. The molecular weight excluding hydrogens is 236 g/mol. The van der Waals surface area contributed by atoms with Crippen molar-refractivity contribution in [2.24, 2.45) is 7.05 Å². The molecule has 1 heterocycles. The number of nitrogens with zero attached hydrogens (tertiary/aromatic N) is 1. The summed E-state index contributed by atoms with van der Waals surface area (Å²) < 4.78 is 2.16. The summed E-state index contributed by atoms with van der Waals surface area (Å²) in [7, 11) is 2.07. The van der Waals surface area contributed by atoms with E-state index in [9.17, 15) is 5.11 Å². The number of aromatic nitrogens is 1. The van der Waals surface area contributed by atoms with Gasteiger partial charge in [0.15, 0.2) is 0 Å². The van der Waals surface area contributed by atoms with Crippen LogP contribution >= 0.6 is 0 Å². The van der Waals surface area contributed by atoms with Gasteiger partial charge in [-0.1, -0.05) is 32.0 Å². The zero-order valence-electron chi connectivity index (χ0n) is 12.1. The fourth-order valence-electron chi connectivity index (χ4n) is 2.63. The maximum atomic E-state index is 9.61. The quantitative estimate of drug-likeness (QED) is 0.838. The standard InChI is InChI=1S/C16H24N2O/c1-4-16(5-2,12-19)17-10-13-11-18(3)15-9-7-6-8-14(13)15/h6-9,11,17,19H,4-5,10,12H2,1-3H3. The predicted octanol–water partition coefficient (Wildman–Crippen LogP) is 2.82. The largest absolute Gasteiger partial charge is 0.394 e. The molecule has 0 atom stereocenters. The molecule has 0 saturated heterocycles. The van der Waals surface area contributed by atoms with Crippen molar-refractivity contribution >= 4 is 10.9 Å². The summed E-state index contributed by atoms with van der Waals surface area (Å²) in [6.45, 7) is 5.22. The van der Waals surface area contributed by atoms with Crippen LogP contribution in [0, 0.1) is 0 Å². The zero-order valence-corrected chi connectivity index (χ0v) is 12.1. The van der Waals surface area contributed by atoms with Crippen molar-refractivity contribution in [2.45, 2.75) is 38.8 Å². The second-order valence-corrected chi connectivity index (χ2v) is 5.28. The number of hydrogen-bond donors (Lipinski definition) is 2. The van der Waals surface area contributed by atoms with E-state index in [1.807, 2.05) is 0 Å². The number of fused-ring (bicyclic) bond motifs is 1. The lowest BCUT2D eigenvalue weighted by molar-refractivity contribution is 0.149. The maximum Gasteiger partial charge on any atom is 0.0613 e. The minimum absolute atomic E-state index is 0.156. The van der Waals surface area contributed by atoms with Gasteiger partial charge in [0, 0.05) is 36.2 Å². The number of aliphatic hydroxyl groups is 1. The fourth-order valence-corrected chi connectivity index (χ4v) is 2.63. The van der Waals surface area contributed by atoms with E-state index in [2.05, 4.69) is 61.2 Å². The Bertz CT molecular complexity index is 532. The molecule has 2 N–H and O–H groups in total. The zero-order chi connectivity index (χ0) is 13.9. The van der Waals surface area contributed by atoms with Gasteiger partial charge in [0.25, 0.3) is 0 Å². The van der Waals surface area contributed by atoms with Crippen LogP contribution in [0.25, 0.3) is 10.9 Å². The molecule has 2 rings (SSSR count). The molecule has 0 spiro atoms. The summed E-state index contributed by atoms with van der Waals surface area (Å²) in [5, 5.41) is 14.4. The summed E-state index contributed by atoms with van der Waals surface area (Å²) in [5.41, 5.74) is 2.39. The van der Waals surface area contributed by atoms with Crippen molar-refractivity contribution in [3.63, 3.8) is 0 Å². The van der Waals surface area contributed by atoms with Gasteiger partial charge in [0.2, 0.25) is 0 Å². The number of nitrogens with one attached hydrogen (secondary N) is 1. The molecule has 0 saturated carbocycles. The smallest absolute Gasteiger partial charge is 0.0613 e. The van der Waals surface area contributed by atoms with Crippen molar-refractivity contribution < 1.29 is 5.11 Å². The molecule has 1 aromatic heterocycles. The van der Waals surface area contributed by atoms with E-state index in [-0.39, 0.29) is 12.1 Å². The van der Waals surface area contributed by atoms with Crippen molar-refractivity contribution in [3.8, 4) is 0 Å². The number of benzene rings is 1. The van der Waals surface area contributed by atoms with Crippen LogP contribution in [0.1, 0.15) is 32.3 Å². The van der Waals surface area contributed by atoms with Crippen LogP contribution in [0.2, 0.25) is 0 Å². The normalized spacial score (nSPS) is 12.2. The first-order valence-corrected chi connectivity index (χ1v) is 7.04. The third-order valence-electron chi connectivity index (χ3n) is 4.29. The monoisotopic (exact) mass is 260 g/mol. The van der Waals surface area contributed by atoms with Gasteiger partial charge >= 0.3 is 0 Å². The third kappa shape index (κ3) is 2.67. The van der Waals surface area contributed by atoms with Crippen LogP contribution in [0.4, 0.5) is 0 Å². The molecule has 0 fully saturated rings. The van der Waals surface area contributed by atoms with E-state index in [0.29, 0.717) is 0 Å². The van der Waals surface area contributed by atoms with E-state index < -0.39 is 0 Å². The van der Waals surface area contributed by atoms with Crippen LogP contribution in [-0.2, 0) is 13.6 Å². The Balaban J connectivity index is 2.22. The number of rotatable bonds is 6. The number of hydrogen-bond acceptors (Lipinski definition) is 2. The van der Waals surface area contributed by atoms with E-state index in [4.69, 9.17) is 0 Å². The summed E-state index contributed by atoms with van der Waals surface area (Å²) >= 11 is 0. The maximum absolute atomic E-state index is 9.61. The Labute approximate surface area is 115 Å². The van der Waals surface area contributed by atoms with E-state index in [1.165, 1.54) is 16.5 Å². The SMILES string of the molecule is CCC(CC)(CO)NCc1cn(C)c2ccccc12. The van der Waals surface area contributed by atoms with Gasteiger partial charge < -0.3 is 15.0 Å². The second-order valence-electron chi connectivity index (χ2n) is 5.28. The van der Waals surface area contributed by atoms with Crippen LogP contribution in [-0.4, -0.2) is 21.8 Å². The van der Waals surface area contributed by atoms with Crippen LogP contribution < -0.4 is 5.32 Å². The molecule has 0 unspecified atom stereocenters. The molecule has 1 aromatic carbocycles. The lowest BCUT2D eigenvalue weighted by atomic mass is 9.93. The van der Waals surface area contributed by atoms with Gasteiger partial charge in [-0.25, -0.2) is 0 Å². The highest BCUT2D eigenvalue weighted by Crippen LogP contribution is 2.22. The molecule has 19 heavy (non-hydrogen) atoms. The highest BCUT2D eigenvalue weighted by atomic mass is 16.3. The van der Waals surface area contributed by atoms with Gasteiger partial charge in [-0.15, -0.1) is 0 Å². The highest BCUT2D eigenvalue weighted by Gasteiger charge is 2.24. The Kier molecular flexibility index (Phi) is 4.27. The van der Waals surface area contributed by atoms with Gasteiger partial charge in [-0.2, -0.15) is 0 Å². The minimum atomic E-state index is -0.156. The van der Waals surface area contributed by atoms with Crippen LogP contribution in [0.5, 0.6) is 0 Å². The first-order valence-electron chi connectivity index (χ1n) is 7.04. The number of para-hydroxylation sites is 1. The first kappa shape index (κ1) is 14.1. The van der Waals surface area contributed by atoms with Gasteiger partial charge in [-0.3, -0.25) is 0 Å². The molecule has 3 heteroatoms. The predicted molar refractivity (Wildman–Crippen MR) is 80.2 cm³/mol. The van der Waals surface area contributed by atoms with Crippen LogP contribution in [0.15, 0.2) is 30.5 Å². The van der Waals surface area contributed by atoms with Crippen molar-refractivity contribution in [1.29, 1.82) is 0 Å². The number of aliphatic hydroxyl groups excluding tert-OH is 1. The minimum Gasteiger partial charge on any atom is -0.394 e. The van der Waals surface area contributed by atoms with Crippen molar-refractivity contribution in [2.75, 3.05) is 6.61 Å². The van der Waals surface area contributed by atoms with Crippen molar-refractivity contribution in [1.82, 2.24) is 9.88 Å². The average molecular weight is 260 g/mol. The molecular formula is C16H24N2O. The molecule has 0 aliphatic heterocycles. The lowest BCUT2D eigenvalue weighted by Gasteiger charge is -2.30. The summed E-state index contributed by atoms with van der Waals surface area (Å²) in [5.74, 6) is 0. The molecule has 0 amide bonds. The summed E-state index contributed by atoms with van der Waals surface area (Å²) in [6.07, 6.45) is 4.04. The van der Waals surface area contributed by atoms with Crippen molar-refractivity contribution in [3.05, 3.63) is 36.0 Å². The average Bonchev–Trinajstić information content (AvgIpc) is 2.78. The summed E-state index contributed by atoms with van der Waals surface area (Å²) in [6, 6.07) is 8.43. The highest BCUT2D eigenvalue weighted by molar-refractivity contribution is 5.83. The Morgan fingerprint density at radius 3 is 2.53 bits per heavy atom. The molecule has 0 aliphatic rings. The van der Waals surface area contributed by atoms with Gasteiger partial charge in [0.05, 0.1) is 6.61 Å². The van der Waals surface area contributed by atoms with E-state index in [0.717, 1.165) is 19.4 Å². The molecule has 104 valence electrons. The molecule has 0 aliphatic carbocycles. The fraction of sp³-hybridized carbons (Fsp3) is 0.500. The number of aryl methyl sites for hydroxylation is 1. The molecule has 3 nitrogen and oxygen atoms in total. The Hall–Kier alpha value is -1.32. The third-order valence-corrected chi connectivity index (χ3v) is 4.29. The lowest BCUT2D eigenvalue weighted by Crippen LogP contribution is -2.47. The molecule has 2 aromatic rings. The van der Waals surface area contributed by atoms with E-state index >= 15 is 0 Å². The van der Waals surface area contributed by atoms with Gasteiger partial charge in [0.1, 0.15) is 0 Å².